The van der Waals surface area contributed by atoms with E-state index < -0.39 is 0 Å². The summed E-state index contributed by atoms with van der Waals surface area (Å²) in [5, 5.41) is 10.1. The maximum atomic E-state index is 13.4. The minimum absolute atomic E-state index is 0.0213. The molecule has 8 heteroatoms. The molecule has 4 aromatic rings. The number of aromatic nitrogens is 3. The Bertz CT molecular complexity index is 1360. The third-order valence-electron chi connectivity index (χ3n) is 6.19. The largest absolute Gasteiger partial charge is 0.355 e. The van der Waals surface area contributed by atoms with Gasteiger partial charge in [0.1, 0.15) is 6.54 Å². The third-order valence-corrected chi connectivity index (χ3v) is 6.19. The van der Waals surface area contributed by atoms with Crippen molar-refractivity contribution >= 4 is 39.0 Å². The van der Waals surface area contributed by atoms with Crippen LogP contribution in [-0.4, -0.2) is 63.3 Å². The van der Waals surface area contributed by atoms with Gasteiger partial charge in [-0.3, -0.25) is 14.3 Å². The smallest absolute Gasteiger partial charge is 0.261 e. The normalized spacial score (nSPS) is 14.9. The van der Waals surface area contributed by atoms with Crippen LogP contribution in [0.5, 0.6) is 0 Å². The number of carbonyl (C=O) groups excluding carboxylic acids is 1. The van der Waals surface area contributed by atoms with E-state index in [0.29, 0.717) is 18.5 Å². The van der Waals surface area contributed by atoms with Crippen molar-refractivity contribution in [2.75, 3.05) is 38.5 Å². The number of pyridine rings is 1. The molecule has 0 bridgehead atoms. The fraction of sp³-hybridized carbons (Fsp3) is 0.292. The van der Waals surface area contributed by atoms with Crippen LogP contribution in [0.15, 0.2) is 59.7 Å². The second-order valence-electron chi connectivity index (χ2n) is 8.37. The molecule has 0 aliphatic carbocycles. The molecular formula is C24H26N6O2. The summed E-state index contributed by atoms with van der Waals surface area (Å²) in [5.41, 5.74) is 2.47. The van der Waals surface area contributed by atoms with Crippen LogP contribution in [0.25, 0.3) is 21.7 Å². The van der Waals surface area contributed by atoms with Crippen molar-refractivity contribution in [2.45, 2.75) is 6.54 Å². The van der Waals surface area contributed by atoms with Gasteiger partial charge in [0.2, 0.25) is 5.91 Å². The van der Waals surface area contributed by atoms with Gasteiger partial charge in [0.25, 0.3) is 5.56 Å². The first-order valence-electron chi connectivity index (χ1n) is 10.8. The second-order valence-corrected chi connectivity index (χ2v) is 8.37. The van der Waals surface area contributed by atoms with Crippen LogP contribution in [-0.2, 0) is 18.4 Å². The summed E-state index contributed by atoms with van der Waals surface area (Å²) in [5.74, 6) is -0.0213. The van der Waals surface area contributed by atoms with Gasteiger partial charge in [-0.1, -0.05) is 12.1 Å². The van der Waals surface area contributed by atoms with Crippen LogP contribution < -0.4 is 10.9 Å². The van der Waals surface area contributed by atoms with Gasteiger partial charge < -0.3 is 19.7 Å². The predicted molar refractivity (Wildman–Crippen MR) is 126 cm³/mol. The second kappa shape index (κ2) is 8.12. The first kappa shape index (κ1) is 20.3. The molecule has 1 N–H and O–H groups in total. The molecule has 0 spiro atoms. The van der Waals surface area contributed by atoms with Gasteiger partial charge in [-0.25, -0.2) is 0 Å². The van der Waals surface area contributed by atoms with Gasteiger partial charge in [0.15, 0.2) is 0 Å². The fourth-order valence-electron chi connectivity index (χ4n) is 4.26. The van der Waals surface area contributed by atoms with E-state index in [9.17, 15) is 9.59 Å². The van der Waals surface area contributed by atoms with E-state index >= 15 is 0 Å². The highest BCUT2D eigenvalue weighted by Crippen LogP contribution is 2.26. The first-order chi connectivity index (χ1) is 15.5. The lowest BCUT2D eigenvalue weighted by molar-refractivity contribution is -0.133. The summed E-state index contributed by atoms with van der Waals surface area (Å²) in [4.78, 5) is 30.2. The van der Waals surface area contributed by atoms with Crippen molar-refractivity contribution in [2.24, 2.45) is 7.05 Å². The summed E-state index contributed by atoms with van der Waals surface area (Å²) in [6.07, 6.45) is 3.53. The number of carbonyl (C=O) groups is 1. The van der Waals surface area contributed by atoms with Crippen molar-refractivity contribution in [3.63, 3.8) is 0 Å². The van der Waals surface area contributed by atoms with Crippen LogP contribution in [0.1, 0.15) is 0 Å². The molecule has 1 aliphatic rings. The minimum atomic E-state index is -0.171. The number of benzene rings is 2. The number of hydrogen-bond donors (Lipinski definition) is 1. The Kier molecular flexibility index (Phi) is 5.14. The molecule has 1 fully saturated rings. The number of anilines is 2. The van der Waals surface area contributed by atoms with E-state index in [1.54, 1.807) is 6.20 Å². The maximum Gasteiger partial charge on any atom is 0.261 e. The Morgan fingerprint density at radius 2 is 1.84 bits per heavy atom. The molecule has 2 aromatic heterocycles. The molecule has 1 amide bonds. The van der Waals surface area contributed by atoms with Gasteiger partial charge in [-0.05, 0) is 42.8 Å². The van der Waals surface area contributed by atoms with E-state index in [0.717, 1.165) is 40.8 Å². The van der Waals surface area contributed by atoms with Crippen LogP contribution in [0.3, 0.4) is 0 Å². The average Bonchev–Trinajstić information content (AvgIpc) is 3.16. The summed E-state index contributed by atoms with van der Waals surface area (Å²) < 4.78 is 3.34. The molecule has 5 rings (SSSR count). The highest BCUT2D eigenvalue weighted by atomic mass is 16.2. The predicted octanol–water partition coefficient (Wildman–Crippen LogP) is 2.41. The van der Waals surface area contributed by atoms with E-state index in [2.05, 4.69) is 22.4 Å². The zero-order valence-corrected chi connectivity index (χ0v) is 18.3. The zero-order chi connectivity index (χ0) is 22.2. The van der Waals surface area contributed by atoms with Crippen LogP contribution in [0.4, 0.5) is 11.4 Å². The molecule has 32 heavy (non-hydrogen) atoms. The lowest BCUT2D eigenvalue weighted by atomic mass is 10.1. The fourth-order valence-corrected chi connectivity index (χ4v) is 4.26. The molecule has 8 nitrogen and oxygen atoms in total. The van der Waals surface area contributed by atoms with Crippen molar-refractivity contribution < 1.29 is 4.79 Å². The number of rotatable bonds is 4. The van der Waals surface area contributed by atoms with Crippen LogP contribution in [0.2, 0.25) is 0 Å². The van der Waals surface area contributed by atoms with E-state index in [4.69, 9.17) is 0 Å². The molecule has 164 valence electrons. The van der Waals surface area contributed by atoms with E-state index in [1.807, 2.05) is 65.3 Å². The Labute approximate surface area is 185 Å². The summed E-state index contributed by atoms with van der Waals surface area (Å²) >= 11 is 0. The molecule has 1 aliphatic heterocycles. The Morgan fingerprint density at radius 1 is 1.03 bits per heavy atom. The van der Waals surface area contributed by atoms with Gasteiger partial charge in [-0.15, -0.1) is 0 Å². The van der Waals surface area contributed by atoms with Crippen molar-refractivity contribution in [1.29, 1.82) is 0 Å². The lowest BCUT2D eigenvalue weighted by Crippen LogP contribution is -2.48. The van der Waals surface area contributed by atoms with Crippen molar-refractivity contribution in [3.05, 3.63) is 65.2 Å². The number of likely N-dealkylation sites (N-methyl/N-ethyl adjacent to an activating group) is 1. The van der Waals surface area contributed by atoms with E-state index in [1.165, 1.54) is 4.57 Å². The standard InChI is InChI=1S/C24H26N6O2/c1-27-10-12-29(13-11-27)22(31)16-30-9-8-17-4-3-5-20(23(17)24(30)32)26-19-6-7-21-18(14-19)15-25-28(21)2/h3-9,14-15,26H,10-13,16H2,1-2H3. The van der Waals surface area contributed by atoms with Crippen molar-refractivity contribution in [3.8, 4) is 0 Å². The van der Waals surface area contributed by atoms with Gasteiger partial charge in [-0.2, -0.15) is 5.10 Å². The molecule has 0 atom stereocenters. The monoisotopic (exact) mass is 430 g/mol. The highest BCUT2D eigenvalue weighted by Gasteiger charge is 2.20. The molecule has 0 radical (unpaired) electrons. The van der Waals surface area contributed by atoms with Gasteiger partial charge in [0, 0.05) is 50.5 Å². The number of amides is 1. The zero-order valence-electron chi connectivity index (χ0n) is 18.3. The van der Waals surface area contributed by atoms with Crippen LogP contribution >= 0.6 is 0 Å². The molecule has 1 saturated heterocycles. The number of fused-ring (bicyclic) bond motifs is 2. The highest BCUT2D eigenvalue weighted by molar-refractivity contribution is 5.95. The summed E-state index contributed by atoms with van der Waals surface area (Å²) in [6, 6.07) is 13.6. The maximum absolute atomic E-state index is 13.4. The molecule has 0 saturated carbocycles. The SMILES string of the molecule is CN1CCN(C(=O)Cn2ccc3cccc(Nc4ccc5c(cnn5C)c4)c3c2=O)CC1. The third kappa shape index (κ3) is 3.73. The first-order valence-corrected chi connectivity index (χ1v) is 10.8. The molecule has 0 unspecified atom stereocenters. The quantitative estimate of drug-likeness (QED) is 0.538. The Morgan fingerprint density at radius 3 is 2.66 bits per heavy atom. The number of piperazine rings is 1. The number of nitrogens with one attached hydrogen (secondary N) is 1. The molecule has 3 heterocycles. The molecular weight excluding hydrogens is 404 g/mol. The van der Waals surface area contributed by atoms with Crippen molar-refractivity contribution in [1.82, 2.24) is 24.1 Å². The summed E-state index contributed by atoms with van der Waals surface area (Å²) in [7, 11) is 3.96. The van der Waals surface area contributed by atoms with E-state index in [-0.39, 0.29) is 18.0 Å². The Hall–Kier alpha value is -3.65. The Balaban J connectivity index is 1.46. The van der Waals surface area contributed by atoms with Gasteiger partial charge >= 0.3 is 0 Å². The average molecular weight is 431 g/mol. The van der Waals surface area contributed by atoms with Gasteiger partial charge in [0.05, 0.1) is 22.8 Å². The minimum Gasteiger partial charge on any atom is -0.355 e. The number of nitrogens with zero attached hydrogens (tertiary/aromatic N) is 5. The number of aryl methyl sites for hydroxylation is 1. The lowest BCUT2D eigenvalue weighted by Gasteiger charge is -2.32. The molecule has 2 aromatic carbocycles. The topological polar surface area (TPSA) is 75.4 Å². The summed E-state index contributed by atoms with van der Waals surface area (Å²) in [6.45, 7) is 3.15. The number of hydrogen-bond acceptors (Lipinski definition) is 5. The van der Waals surface area contributed by atoms with Crippen LogP contribution in [0, 0.1) is 0 Å².